The van der Waals surface area contributed by atoms with Crippen LogP contribution in [0.1, 0.15) is 29.7 Å². The van der Waals surface area contributed by atoms with Crippen LogP contribution in [0.4, 0.5) is 36.3 Å². The fourth-order valence-electron chi connectivity index (χ4n) is 5.59. The summed E-state index contributed by atoms with van der Waals surface area (Å²) in [4.78, 5) is 23.0. The number of hydrogen-bond acceptors (Lipinski definition) is 7. The van der Waals surface area contributed by atoms with Crippen molar-refractivity contribution >= 4 is 50.6 Å². The molecule has 1 saturated heterocycles. The molecule has 0 atom stereocenters. The maximum absolute atomic E-state index is 12.9. The molecule has 4 N–H and O–H groups in total. The Morgan fingerprint density at radius 3 is 2.88 bits per heavy atom. The second-order valence-corrected chi connectivity index (χ2v) is 10.8. The van der Waals surface area contributed by atoms with Crippen molar-refractivity contribution in [3.8, 4) is 0 Å². The molecular formula is C23H23F3N6OS. The molecule has 0 unspecified atom stereocenters. The van der Waals surface area contributed by atoms with E-state index < -0.39 is 12.6 Å². The van der Waals surface area contributed by atoms with Crippen molar-refractivity contribution in [3.05, 3.63) is 34.7 Å². The zero-order valence-corrected chi connectivity index (χ0v) is 19.0. The van der Waals surface area contributed by atoms with Gasteiger partial charge >= 0.3 is 6.18 Å². The SMILES string of the molecule is Nc1nc(N2CCC3(CC(Nc4ccc5c(c4)CC(=O)N5)C3)C2)c2cc(CC(F)(F)F)sc2n1. The number of nitrogen functional groups attached to an aromatic ring is 1. The summed E-state index contributed by atoms with van der Waals surface area (Å²) in [7, 11) is 0. The molecule has 4 heterocycles. The average Bonchev–Trinajstić information content (AvgIpc) is 3.41. The van der Waals surface area contributed by atoms with Crippen molar-refractivity contribution in [2.75, 3.05) is 34.4 Å². The van der Waals surface area contributed by atoms with Crippen LogP contribution in [0.2, 0.25) is 0 Å². The Hall–Kier alpha value is -3.08. The van der Waals surface area contributed by atoms with Crippen LogP contribution in [0.15, 0.2) is 24.3 Å². The van der Waals surface area contributed by atoms with Crippen LogP contribution >= 0.6 is 11.3 Å². The number of hydrogen-bond donors (Lipinski definition) is 3. The summed E-state index contributed by atoms with van der Waals surface area (Å²) >= 11 is 1.03. The number of carbonyl (C=O) groups is 1. The number of amides is 1. The van der Waals surface area contributed by atoms with Gasteiger partial charge in [-0.05, 0) is 54.5 Å². The van der Waals surface area contributed by atoms with E-state index in [9.17, 15) is 18.0 Å². The van der Waals surface area contributed by atoms with Crippen LogP contribution in [0.3, 0.4) is 0 Å². The molecule has 178 valence electrons. The molecule has 1 aromatic carbocycles. The second kappa shape index (κ2) is 7.46. The molecule has 1 aliphatic carbocycles. The monoisotopic (exact) mass is 488 g/mol. The lowest BCUT2D eigenvalue weighted by atomic mass is 9.65. The summed E-state index contributed by atoms with van der Waals surface area (Å²) in [6, 6.07) is 7.87. The van der Waals surface area contributed by atoms with E-state index in [1.54, 1.807) is 6.07 Å². The van der Waals surface area contributed by atoms with Gasteiger partial charge in [0, 0.05) is 35.4 Å². The van der Waals surface area contributed by atoms with Crippen LogP contribution in [0.5, 0.6) is 0 Å². The molecule has 1 saturated carbocycles. The summed E-state index contributed by atoms with van der Waals surface area (Å²) in [5.41, 5.74) is 8.97. The molecule has 11 heteroatoms. The van der Waals surface area contributed by atoms with Gasteiger partial charge in [-0.25, -0.2) is 4.98 Å². The summed E-state index contributed by atoms with van der Waals surface area (Å²) in [5.74, 6) is 0.745. The van der Waals surface area contributed by atoms with E-state index in [0.717, 1.165) is 60.6 Å². The zero-order valence-electron chi connectivity index (χ0n) is 18.2. The molecule has 1 amide bonds. The van der Waals surface area contributed by atoms with Crippen LogP contribution in [-0.2, 0) is 17.6 Å². The molecule has 7 nitrogen and oxygen atoms in total. The first-order valence-electron chi connectivity index (χ1n) is 11.2. The first-order valence-corrected chi connectivity index (χ1v) is 12.0. The minimum Gasteiger partial charge on any atom is -0.382 e. The van der Waals surface area contributed by atoms with Gasteiger partial charge < -0.3 is 21.3 Å². The first-order chi connectivity index (χ1) is 16.1. The molecule has 1 spiro atoms. The highest BCUT2D eigenvalue weighted by molar-refractivity contribution is 7.18. The van der Waals surface area contributed by atoms with Crippen molar-refractivity contribution in [1.82, 2.24) is 9.97 Å². The summed E-state index contributed by atoms with van der Waals surface area (Å²) in [6.07, 6.45) is -1.82. The molecule has 2 aromatic heterocycles. The normalized spacial score (nSPS) is 23.9. The van der Waals surface area contributed by atoms with Crippen LogP contribution in [0.25, 0.3) is 10.2 Å². The van der Waals surface area contributed by atoms with E-state index in [2.05, 4.69) is 25.5 Å². The lowest BCUT2D eigenvalue weighted by molar-refractivity contribution is -0.126. The molecule has 6 rings (SSSR count). The molecule has 34 heavy (non-hydrogen) atoms. The predicted octanol–water partition coefficient (Wildman–Crippen LogP) is 4.34. The number of nitrogens with zero attached hydrogens (tertiary/aromatic N) is 3. The number of alkyl halides is 3. The fourth-order valence-corrected chi connectivity index (χ4v) is 6.65. The van der Waals surface area contributed by atoms with Gasteiger partial charge in [0.25, 0.3) is 0 Å². The minimum atomic E-state index is -4.27. The third-order valence-corrected chi connectivity index (χ3v) is 8.04. The van der Waals surface area contributed by atoms with Gasteiger partial charge in [-0.2, -0.15) is 18.2 Å². The molecule has 3 aliphatic rings. The number of nitrogens with two attached hydrogens (primary N) is 1. The number of carbonyl (C=O) groups excluding carboxylic acids is 1. The number of benzene rings is 1. The molecule has 2 aliphatic heterocycles. The maximum Gasteiger partial charge on any atom is 0.393 e. The van der Waals surface area contributed by atoms with Gasteiger partial charge in [0.2, 0.25) is 11.9 Å². The van der Waals surface area contributed by atoms with E-state index in [1.165, 1.54) is 0 Å². The maximum atomic E-state index is 12.9. The fraction of sp³-hybridized carbons (Fsp3) is 0.435. The average molecular weight is 489 g/mol. The van der Waals surface area contributed by atoms with Crippen LogP contribution in [-0.4, -0.2) is 41.2 Å². The zero-order chi connectivity index (χ0) is 23.7. The second-order valence-electron chi connectivity index (χ2n) is 9.65. The summed E-state index contributed by atoms with van der Waals surface area (Å²) in [5, 5.41) is 7.08. The number of halogens is 3. The lowest BCUT2D eigenvalue weighted by Gasteiger charge is -2.46. The van der Waals surface area contributed by atoms with Crippen molar-refractivity contribution in [1.29, 1.82) is 0 Å². The number of thiophene rings is 1. The Kier molecular flexibility index (Phi) is 4.71. The van der Waals surface area contributed by atoms with E-state index in [0.29, 0.717) is 28.5 Å². The van der Waals surface area contributed by atoms with Gasteiger partial charge in [-0.3, -0.25) is 4.79 Å². The third-order valence-electron chi connectivity index (χ3n) is 7.01. The lowest BCUT2D eigenvalue weighted by Crippen LogP contribution is -2.46. The molecule has 0 bridgehead atoms. The largest absolute Gasteiger partial charge is 0.393 e. The Bertz CT molecular complexity index is 1300. The smallest absolute Gasteiger partial charge is 0.382 e. The highest BCUT2D eigenvalue weighted by Crippen LogP contribution is 2.50. The Labute approximate surface area is 197 Å². The summed E-state index contributed by atoms with van der Waals surface area (Å²) in [6.45, 7) is 1.58. The van der Waals surface area contributed by atoms with Gasteiger partial charge in [-0.15, -0.1) is 11.3 Å². The van der Waals surface area contributed by atoms with E-state index in [-0.39, 0.29) is 22.1 Å². The van der Waals surface area contributed by atoms with E-state index in [4.69, 9.17) is 5.73 Å². The molecule has 0 radical (unpaired) electrons. The quantitative estimate of drug-likeness (QED) is 0.506. The topological polar surface area (TPSA) is 96.2 Å². The number of aromatic nitrogens is 2. The number of rotatable bonds is 4. The van der Waals surface area contributed by atoms with Gasteiger partial charge in [0.15, 0.2) is 0 Å². The van der Waals surface area contributed by atoms with Crippen molar-refractivity contribution < 1.29 is 18.0 Å². The Morgan fingerprint density at radius 2 is 2.09 bits per heavy atom. The Morgan fingerprint density at radius 1 is 1.26 bits per heavy atom. The number of nitrogens with one attached hydrogen (secondary N) is 2. The van der Waals surface area contributed by atoms with Crippen LogP contribution in [0, 0.1) is 5.41 Å². The Balaban J connectivity index is 1.15. The van der Waals surface area contributed by atoms with Gasteiger partial charge in [0.1, 0.15) is 10.6 Å². The third kappa shape index (κ3) is 3.91. The van der Waals surface area contributed by atoms with Gasteiger partial charge in [0.05, 0.1) is 18.2 Å². The summed E-state index contributed by atoms with van der Waals surface area (Å²) < 4.78 is 38.7. The standard InChI is InChI=1S/C23H23F3N6OS/c24-23(25,26)10-15-7-16-19(30-21(27)31-20(16)34-15)32-4-3-22(11-32)8-14(9-22)28-13-1-2-17-12(5-13)6-18(33)29-17/h1-2,5,7,14,28H,3-4,6,8-11H2,(H,29,33)(H2,27,30,31). The van der Waals surface area contributed by atoms with Crippen LogP contribution < -0.4 is 21.3 Å². The van der Waals surface area contributed by atoms with Crippen molar-refractivity contribution in [2.24, 2.45) is 5.41 Å². The van der Waals surface area contributed by atoms with E-state index in [1.807, 2.05) is 18.2 Å². The highest BCUT2D eigenvalue weighted by atomic mass is 32.1. The van der Waals surface area contributed by atoms with Crippen molar-refractivity contribution in [2.45, 2.75) is 44.3 Å². The predicted molar refractivity (Wildman–Crippen MR) is 126 cm³/mol. The number of fused-ring (bicyclic) bond motifs is 2. The molecular weight excluding hydrogens is 465 g/mol. The minimum absolute atomic E-state index is 0.0245. The first kappa shape index (κ1) is 21.5. The molecule has 2 fully saturated rings. The van der Waals surface area contributed by atoms with E-state index >= 15 is 0 Å². The van der Waals surface area contributed by atoms with Crippen molar-refractivity contribution in [3.63, 3.8) is 0 Å². The number of anilines is 4. The molecule has 3 aromatic rings. The van der Waals surface area contributed by atoms with Gasteiger partial charge in [-0.1, -0.05) is 0 Å². The highest BCUT2D eigenvalue weighted by Gasteiger charge is 2.49.